The molecule has 0 radical (unpaired) electrons. The van der Waals surface area contributed by atoms with E-state index in [2.05, 4.69) is 5.32 Å². The smallest absolute Gasteiger partial charge is 0.323 e. The molecule has 0 unspecified atom stereocenters. The third-order valence-electron chi connectivity index (χ3n) is 2.62. The molecule has 0 spiro atoms. The first-order chi connectivity index (χ1) is 9.31. The predicted octanol–water partition coefficient (Wildman–Crippen LogP) is 1.58. The third-order valence-corrected chi connectivity index (χ3v) is 2.62. The number of amides is 2. The fourth-order valence-corrected chi connectivity index (χ4v) is 1.73. The summed E-state index contributed by atoms with van der Waals surface area (Å²) in [5, 5.41) is 11.4. The van der Waals surface area contributed by atoms with E-state index in [1.807, 2.05) is 0 Å². The number of aliphatic carboxylic acids is 1. The van der Waals surface area contributed by atoms with E-state index in [9.17, 15) is 14.4 Å². The summed E-state index contributed by atoms with van der Waals surface area (Å²) in [7, 11) is 0. The maximum absolute atomic E-state index is 12.3. The Morgan fingerprint density at radius 1 is 1.30 bits per heavy atom. The summed E-state index contributed by atoms with van der Waals surface area (Å²) in [4.78, 5) is 35.4. The van der Waals surface area contributed by atoms with Crippen LogP contribution in [0.15, 0.2) is 24.3 Å². The molecule has 6 heteroatoms. The molecule has 0 heterocycles. The van der Waals surface area contributed by atoms with Crippen molar-refractivity contribution in [2.24, 2.45) is 0 Å². The van der Waals surface area contributed by atoms with Gasteiger partial charge in [0.25, 0.3) is 5.91 Å². The number of nitrogens with one attached hydrogen (secondary N) is 1. The van der Waals surface area contributed by atoms with Crippen LogP contribution in [0.1, 0.15) is 31.1 Å². The van der Waals surface area contributed by atoms with E-state index >= 15 is 0 Å². The molecular formula is C14H18N2O4. The van der Waals surface area contributed by atoms with Crippen molar-refractivity contribution in [1.29, 1.82) is 0 Å². The fraction of sp³-hybridized carbons (Fsp3) is 0.357. The normalized spacial score (nSPS) is 10.2. The van der Waals surface area contributed by atoms with E-state index in [4.69, 9.17) is 5.11 Å². The lowest BCUT2D eigenvalue weighted by atomic mass is 10.1. The molecule has 0 aromatic heterocycles. The zero-order chi connectivity index (χ0) is 15.3. The van der Waals surface area contributed by atoms with E-state index in [-0.39, 0.29) is 24.4 Å². The minimum atomic E-state index is -1.06. The average molecular weight is 278 g/mol. The Morgan fingerprint density at radius 3 is 2.45 bits per heavy atom. The molecule has 1 aromatic carbocycles. The minimum Gasteiger partial charge on any atom is -0.480 e. The number of rotatable bonds is 5. The number of carbonyl (C=O) groups is 3. The lowest BCUT2D eigenvalue weighted by Crippen LogP contribution is -2.40. The summed E-state index contributed by atoms with van der Waals surface area (Å²) in [6, 6.07) is 6.18. The van der Waals surface area contributed by atoms with Gasteiger partial charge in [-0.25, -0.2) is 0 Å². The van der Waals surface area contributed by atoms with Gasteiger partial charge in [0, 0.05) is 24.2 Å². The Kier molecular flexibility index (Phi) is 5.25. The number of anilines is 1. The molecule has 0 aliphatic carbocycles. The van der Waals surface area contributed by atoms with Crippen molar-refractivity contribution in [3.05, 3.63) is 29.8 Å². The van der Waals surface area contributed by atoms with Gasteiger partial charge in [-0.2, -0.15) is 0 Å². The topological polar surface area (TPSA) is 86.7 Å². The number of carboxylic acid groups (broad SMARTS) is 1. The number of nitrogens with zero attached hydrogens (tertiary/aromatic N) is 1. The molecule has 20 heavy (non-hydrogen) atoms. The van der Waals surface area contributed by atoms with Gasteiger partial charge in [-0.05, 0) is 32.0 Å². The SMILES string of the molecule is CC(=O)Nc1cccc(C(=O)N(CC(=O)O)C(C)C)c1. The summed E-state index contributed by atoms with van der Waals surface area (Å²) < 4.78 is 0. The quantitative estimate of drug-likeness (QED) is 0.856. The molecule has 0 aliphatic heterocycles. The second-order valence-electron chi connectivity index (χ2n) is 4.68. The maximum Gasteiger partial charge on any atom is 0.323 e. The van der Waals surface area contributed by atoms with Crippen molar-refractivity contribution in [1.82, 2.24) is 4.90 Å². The highest BCUT2D eigenvalue weighted by Gasteiger charge is 2.21. The Hall–Kier alpha value is -2.37. The zero-order valence-electron chi connectivity index (χ0n) is 11.7. The van der Waals surface area contributed by atoms with E-state index in [0.29, 0.717) is 11.3 Å². The minimum absolute atomic E-state index is 0.233. The van der Waals surface area contributed by atoms with E-state index < -0.39 is 5.97 Å². The van der Waals surface area contributed by atoms with Crippen LogP contribution in [0.4, 0.5) is 5.69 Å². The molecule has 0 bridgehead atoms. The lowest BCUT2D eigenvalue weighted by molar-refractivity contribution is -0.138. The van der Waals surface area contributed by atoms with Crippen LogP contribution in [0.25, 0.3) is 0 Å². The second kappa shape index (κ2) is 6.70. The van der Waals surface area contributed by atoms with Gasteiger partial charge < -0.3 is 15.3 Å². The van der Waals surface area contributed by atoms with E-state index in [1.54, 1.807) is 32.0 Å². The number of carboxylic acids is 1. The first-order valence-corrected chi connectivity index (χ1v) is 6.21. The maximum atomic E-state index is 12.3. The van der Waals surface area contributed by atoms with Crippen LogP contribution in [0, 0.1) is 0 Å². The highest BCUT2D eigenvalue weighted by atomic mass is 16.4. The Bertz CT molecular complexity index is 526. The molecule has 0 atom stereocenters. The molecule has 0 fully saturated rings. The van der Waals surface area contributed by atoms with Crippen LogP contribution in [-0.4, -0.2) is 40.4 Å². The van der Waals surface area contributed by atoms with Gasteiger partial charge >= 0.3 is 5.97 Å². The van der Waals surface area contributed by atoms with Crippen LogP contribution in [0.3, 0.4) is 0 Å². The van der Waals surface area contributed by atoms with Crippen LogP contribution in [0.2, 0.25) is 0 Å². The van der Waals surface area contributed by atoms with Crippen LogP contribution < -0.4 is 5.32 Å². The van der Waals surface area contributed by atoms with Gasteiger partial charge in [0.2, 0.25) is 5.91 Å². The first-order valence-electron chi connectivity index (χ1n) is 6.21. The molecule has 2 amide bonds. The van der Waals surface area contributed by atoms with Gasteiger partial charge in [-0.1, -0.05) is 6.07 Å². The van der Waals surface area contributed by atoms with Crippen LogP contribution >= 0.6 is 0 Å². The molecule has 2 N–H and O–H groups in total. The Balaban J connectivity index is 2.99. The molecule has 1 aromatic rings. The van der Waals surface area contributed by atoms with Gasteiger partial charge in [-0.15, -0.1) is 0 Å². The number of hydrogen-bond donors (Lipinski definition) is 2. The summed E-state index contributed by atoms with van der Waals surface area (Å²) in [5.74, 6) is -1.68. The highest BCUT2D eigenvalue weighted by molar-refractivity contribution is 5.98. The number of hydrogen-bond acceptors (Lipinski definition) is 3. The van der Waals surface area contributed by atoms with Gasteiger partial charge in [0.05, 0.1) is 0 Å². The van der Waals surface area contributed by atoms with Crippen LogP contribution in [0.5, 0.6) is 0 Å². The number of carbonyl (C=O) groups excluding carboxylic acids is 2. The van der Waals surface area contributed by atoms with Crippen molar-refractivity contribution in [2.75, 3.05) is 11.9 Å². The summed E-state index contributed by atoms with van der Waals surface area (Å²) in [6.07, 6.45) is 0. The lowest BCUT2D eigenvalue weighted by Gasteiger charge is -2.25. The van der Waals surface area contributed by atoms with Gasteiger partial charge in [0.15, 0.2) is 0 Å². The molecule has 1 rings (SSSR count). The van der Waals surface area contributed by atoms with Crippen molar-refractivity contribution < 1.29 is 19.5 Å². The molecule has 0 aliphatic rings. The molecule has 108 valence electrons. The van der Waals surface area contributed by atoms with Crippen molar-refractivity contribution in [3.8, 4) is 0 Å². The van der Waals surface area contributed by atoms with Crippen molar-refractivity contribution in [2.45, 2.75) is 26.8 Å². The van der Waals surface area contributed by atoms with Crippen molar-refractivity contribution >= 4 is 23.5 Å². The number of benzene rings is 1. The predicted molar refractivity (Wildman–Crippen MR) is 74.6 cm³/mol. The highest BCUT2D eigenvalue weighted by Crippen LogP contribution is 2.14. The zero-order valence-corrected chi connectivity index (χ0v) is 11.7. The van der Waals surface area contributed by atoms with Gasteiger partial charge in [-0.3, -0.25) is 14.4 Å². The fourth-order valence-electron chi connectivity index (χ4n) is 1.73. The van der Waals surface area contributed by atoms with Crippen molar-refractivity contribution in [3.63, 3.8) is 0 Å². The Morgan fingerprint density at radius 2 is 1.95 bits per heavy atom. The molecular weight excluding hydrogens is 260 g/mol. The molecule has 6 nitrogen and oxygen atoms in total. The van der Waals surface area contributed by atoms with E-state index in [1.165, 1.54) is 17.9 Å². The monoisotopic (exact) mass is 278 g/mol. The summed E-state index contributed by atoms with van der Waals surface area (Å²) in [6.45, 7) is 4.51. The molecule has 0 saturated carbocycles. The largest absolute Gasteiger partial charge is 0.480 e. The Labute approximate surface area is 117 Å². The third kappa shape index (κ3) is 4.38. The average Bonchev–Trinajstić information content (AvgIpc) is 2.34. The standard InChI is InChI=1S/C14H18N2O4/c1-9(2)16(8-13(18)19)14(20)11-5-4-6-12(7-11)15-10(3)17/h4-7,9H,8H2,1-3H3,(H,15,17)(H,18,19). The summed E-state index contributed by atoms with van der Waals surface area (Å²) in [5.41, 5.74) is 0.841. The van der Waals surface area contributed by atoms with E-state index in [0.717, 1.165) is 0 Å². The molecule has 0 saturated heterocycles. The second-order valence-corrected chi connectivity index (χ2v) is 4.68. The summed E-state index contributed by atoms with van der Waals surface area (Å²) >= 11 is 0. The van der Waals surface area contributed by atoms with Crippen LogP contribution in [-0.2, 0) is 9.59 Å². The first kappa shape index (κ1) is 15.7. The van der Waals surface area contributed by atoms with Gasteiger partial charge in [0.1, 0.15) is 6.54 Å².